The van der Waals surface area contributed by atoms with Crippen molar-refractivity contribution in [2.75, 3.05) is 14.2 Å². The highest BCUT2D eigenvalue weighted by molar-refractivity contribution is 5.59. The Labute approximate surface area is 157 Å². The zero-order chi connectivity index (χ0) is 19.6. The monoisotopic (exact) mass is 367 g/mol. The van der Waals surface area contributed by atoms with E-state index in [1.807, 2.05) is 6.92 Å². The number of aromatic nitrogens is 1. The van der Waals surface area contributed by atoms with Crippen molar-refractivity contribution < 1.29 is 14.2 Å². The molecule has 0 saturated carbocycles. The average molecular weight is 367 g/mol. The van der Waals surface area contributed by atoms with Gasteiger partial charge >= 0.3 is 0 Å². The fourth-order valence-corrected chi connectivity index (χ4v) is 3.31. The highest BCUT2D eigenvalue weighted by Gasteiger charge is 2.35. The van der Waals surface area contributed by atoms with E-state index in [1.165, 1.54) is 7.11 Å². The maximum absolute atomic E-state index is 12.9. The number of fused-ring (bicyclic) bond motifs is 1. The number of nitriles is 1. The van der Waals surface area contributed by atoms with E-state index in [-0.39, 0.29) is 17.0 Å². The van der Waals surface area contributed by atoms with Gasteiger partial charge in [-0.25, -0.2) is 0 Å². The van der Waals surface area contributed by atoms with Crippen LogP contribution in [0.1, 0.15) is 36.1 Å². The smallest absolute Gasteiger partial charge is 0.256 e. The highest BCUT2D eigenvalue weighted by Crippen LogP contribution is 2.44. The molecule has 1 aromatic carbocycles. The van der Waals surface area contributed by atoms with Crippen LogP contribution in [0.4, 0.5) is 0 Å². The SMILES string of the molecule is CCCc1cc2c(c(=O)[nH]1)C(c1cc(OC)ccc1OC)C(C#N)=C(N)O2. The third kappa shape index (κ3) is 3.22. The number of methoxy groups -OCH3 is 2. The van der Waals surface area contributed by atoms with E-state index in [4.69, 9.17) is 19.9 Å². The molecule has 7 nitrogen and oxygen atoms in total. The average Bonchev–Trinajstić information content (AvgIpc) is 2.66. The molecule has 0 fully saturated rings. The van der Waals surface area contributed by atoms with Crippen molar-refractivity contribution >= 4 is 0 Å². The molecule has 0 aliphatic carbocycles. The van der Waals surface area contributed by atoms with Crippen LogP contribution in [0, 0.1) is 11.3 Å². The van der Waals surface area contributed by atoms with Gasteiger partial charge in [-0.2, -0.15) is 5.26 Å². The van der Waals surface area contributed by atoms with Crippen LogP contribution < -0.4 is 25.5 Å². The molecule has 1 unspecified atom stereocenters. The Kier molecular flexibility index (Phi) is 5.08. The van der Waals surface area contributed by atoms with Crippen LogP contribution in [0.3, 0.4) is 0 Å². The van der Waals surface area contributed by atoms with Crippen molar-refractivity contribution in [2.45, 2.75) is 25.7 Å². The summed E-state index contributed by atoms with van der Waals surface area (Å²) in [6, 6.07) is 9.06. The fraction of sp³-hybridized carbons (Fsp3) is 0.300. The molecule has 3 N–H and O–H groups in total. The second kappa shape index (κ2) is 7.46. The van der Waals surface area contributed by atoms with E-state index in [2.05, 4.69) is 11.1 Å². The minimum Gasteiger partial charge on any atom is -0.497 e. The lowest BCUT2D eigenvalue weighted by molar-refractivity contribution is 0.381. The van der Waals surface area contributed by atoms with Crippen molar-refractivity contribution in [2.24, 2.45) is 5.73 Å². The van der Waals surface area contributed by atoms with Crippen LogP contribution in [0.25, 0.3) is 0 Å². The summed E-state index contributed by atoms with van der Waals surface area (Å²) in [4.78, 5) is 15.8. The third-order valence-electron chi connectivity index (χ3n) is 4.54. The maximum atomic E-state index is 12.9. The highest BCUT2D eigenvalue weighted by atomic mass is 16.5. The normalized spacial score (nSPS) is 15.6. The molecule has 0 spiro atoms. The molecule has 1 aliphatic rings. The van der Waals surface area contributed by atoms with Gasteiger partial charge in [-0.1, -0.05) is 13.3 Å². The fourth-order valence-electron chi connectivity index (χ4n) is 3.31. The number of aromatic amines is 1. The zero-order valence-corrected chi connectivity index (χ0v) is 15.5. The quantitative estimate of drug-likeness (QED) is 0.840. The molecule has 1 aliphatic heterocycles. The summed E-state index contributed by atoms with van der Waals surface area (Å²) in [5.41, 5.74) is 7.55. The molecule has 1 atom stereocenters. The van der Waals surface area contributed by atoms with Crippen molar-refractivity contribution in [1.82, 2.24) is 4.98 Å². The number of allylic oxidation sites excluding steroid dienone is 1. The number of hydrogen-bond donors (Lipinski definition) is 2. The number of rotatable bonds is 5. The lowest BCUT2D eigenvalue weighted by Gasteiger charge is -2.27. The molecule has 0 amide bonds. The summed E-state index contributed by atoms with van der Waals surface area (Å²) in [7, 11) is 3.07. The van der Waals surface area contributed by atoms with E-state index >= 15 is 0 Å². The van der Waals surface area contributed by atoms with E-state index in [0.29, 0.717) is 34.8 Å². The Balaban J connectivity index is 2.30. The summed E-state index contributed by atoms with van der Waals surface area (Å²) in [6.45, 7) is 2.02. The Bertz CT molecular complexity index is 1000. The number of aryl methyl sites for hydroxylation is 1. The second-order valence-corrected chi connectivity index (χ2v) is 6.18. The Morgan fingerprint density at radius 3 is 2.70 bits per heavy atom. The molecular formula is C20H21N3O4. The van der Waals surface area contributed by atoms with Crippen molar-refractivity contribution in [3.63, 3.8) is 0 Å². The van der Waals surface area contributed by atoms with Gasteiger partial charge in [0, 0.05) is 17.3 Å². The Hall–Kier alpha value is -3.40. The Morgan fingerprint density at radius 1 is 1.30 bits per heavy atom. The standard InChI is InChI=1S/C20H21N3O4/c1-4-5-11-8-16-18(20(24)23-11)17(14(10-21)19(22)27-16)13-9-12(25-2)6-7-15(13)26-3/h6-9,17H,4-5,22H2,1-3H3,(H,23,24). The molecule has 7 heteroatoms. The van der Waals surface area contributed by atoms with Gasteiger partial charge in [0.25, 0.3) is 5.56 Å². The van der Waals surface area contributed by atoms with Crippen molar-refractivity contribution in [3.8, 4) is 23.3 Å². The van der Waals surface area contributed by atoms with Crippen molar-refractivity contribution in [3.05, 3.63) is 62.9 Å². The number of ether oxygens (including phenoxy) is 3. The van der Waals surface area contributed by atoms with Crippen LogP contribution in [-0.2, 0) is 6.42 Å². The van der Waals surface area contributed by atoms with Gasteiger partial charge in [-0.3, -0.25) is 4.79 Å². The summed E-state index contributed by atoms with van der Waals surface area (Å²) < 4.78 is 16.4. The van der Waals surface area contributed by atoms with Crippen LogP contribution in [-0.4, -0.2) is 19.2 Å². The summed E-state index contributed by atoms with van der Waals surface area (Å²) in [5, 5.41) is 9.69. The number of H-pyrrole nitrogens is 1. The van der Waals surface area contributed by atoms with Gasteiger partial charge in [-0.05, 0) is 24.6 Å². The maximum Gasteiger partial charge on any atom is 0.256 e. The van der Waals surface area contributed by atoms with Crippen LogP contribution in [0.2, 0.25) is 0 Å². The first kappa shape index (κ1) is 18.4. The first-order valence-electron chi connectivity index (χ1n) is 8.59. The first-order valence-corrected chi connectivity index (χ1v) is 8.59. The summed E-state index contributed by atoms with van der Waals surface area (Å²) >= 11 is 0. The van der Waals surface area contributed by atoms with Gasteiger partial charge in [0.1, 0.15) is 28.9 Å². The molecule has 27 heavy (non-hydrogen) atoms. The van der Waals surface area contributed by atoms with Gasteiger partial charge < -0.3 is 24.9 Å². The van der Waals surface area contributed by atoms with Crippen molar-refractivity contribution in [1.29, 1.82) is 5.26 Å². The van der Waals surface area contributed by atoms with E-state index in [9.17, 15) is 10.1 Å². The minimum atomic E-state index is -0.719. The van der Waals surface area contributed by atoms with E-state index < -0.39 is 5.92 Å². The molecule has 3 rings (SSSR count). The van der Waals surface area contributed by atoms with E-state index in [0.717, 1.165) is 12.1 Å². The predicted molar refractivity (Wildman–Crippen MR) is 99.9 cm³/mol. The third-order valence-corrected chi connectivity index (χ3v) is 4.54. The number of pyridine rings is 1. The van der Waals surface area contributed by atoms with Gasteiger partial charge in [0.05, 0.1) is 25.7 Å². The lowest BCUT2D eigenvalue weighted by atomic mass is 9.83. The second-order valence-electron chi connectivity index (χ2n) is 6.18. The molecular weight excluding hydrogens is 346 g/mol. The molecule has 2 heterocycles. The largest absolute Gasteiger partial charge is 0.497 e. The van der Waals surface area contributed by atoms with Gasteiger partial charge in [0.15, 0.2) is 0 Å². The number of hydrogen-bond acceptors (Lipinski definition) is 6. The first-order chi connectivity index (χ1) is 13.0. The van der Waals surface area contributed by atoms with Gasteiger partial charge in [0.2, 0.25) is 5.88 Å². The molecule has 140 valence electrons. The molecule has 2 aromatic rings. The predicted octanol–water partition coefficient (Wildman–Crippen LogP) is 2.56. The molecule has 1 aromatic heterocycles. The van der Waals surface area contributed by atoms with Gasteiger partial charge in [-0.15, -0.1) is 0 Å². The molecule has 0 radical (unpaired) electrons. The topological polar surface area (TPSA) is 110 Å². The number of benzene rings is 1. The summed E-state index contributed by atoms with van der Waals surface area (Å²) in [5.74, 6) is 0.713. The Morgan fingerprint density at radius 2 is 2.07 bits per heavy atom. The van der Waals surface area contributed by atoms with Crippen LogP contribution in [0.15, 0.2) is 40.5 Å². The van der Waals surface area contributed by atoms with Crippen LogP contribution >= 0.6 is 0 Å². The zero-order valence-electron chi connectivity index (χ0n) is 15.5. The number of nitrogens with two attached hydrogens (primary N) is 1. The van der Waals surface area contributed by atoms with E-state index in [1.54, 1.807) is 31.4 Å². The number of nitrogens with one attached hydrogen (secondary N) is 1. The summed E-state index contributed by atoms with van der Waals surface area (Å²) in [6.07, 6.45) is 1.57. The molecule has 0 saturated heterocycles. The minimum absolute atomic E-state index is 0.0204. The van der Waals surface area contributed by atoms with Crippen LogP contribution in [0.5, 0.6) is 17.2 Å². The number of nitrogens with zero attached hydrogens (tertiary/aromatic N) is 1. The lowest BCUT2D eigenvalue weighted by Crippen LogP contribution is -2.28. The molecule has 0 bridgehead atoms.